The van der Waals surface area contributed by atoms with Crippen molar-refractivity contribution >= 4 is 11.9 Å². The van der Waals surface area contributed by atoms with Crippen molar-refractivity contribution < 1.29 is 19.4 Å². The van der Waals surface area contributed by atoms with Crippen LogP contribution in [-0.2, 0) is 16.0 Å². The molecule has 0 radical (unpaired) electrons. The molecule has 0 spiro atoms. The van der Waals surface area contributed by atoms with Crippen molar-refractivity contribution in [1.29, 1.82) is 0 Å². The Morgan fingerprint density at radius 1 is 1.25 bits per heavy atom. The van der Waals surface area contributed by atoms with Crippen LogP contribution in [0.25, 0.3) is 0 Å². The Labute approximate surface area is 143 Å². The summed E-state index contributed by atoms with van der Waals surface area (Å²) >= 11 is 0. The minimum absolute atomic E-state index is 0.0419. The highest BCUT2D eigenvalue weighted by Gasteiger charge is 2.25. The lowest BCUT2D eigenvalue weighted by molar-refractivity contribution is -0.120. The van der Waals surface area contributed by atoms with E-state index >= 15 is 0 Å². The highest BCUT2D eigenvalue weighted by Crippen LogP contribution is 2.30. The van der Waals surface area contributed by atoms with Gasteiger partial charge in [0.1, 0.15) is 0 Å². The molecular formula is C19H27NO4. The first-order chi connectivity index (χ1) is 11.6. The average molecular weight is 333 g/mol. The van der Waals surface area contributed by atoms with Crippen LogP contribution in [0.15, 0.2) is 24.3 Å². The van der Waals surface area contributed by atoms with Crippen LogP contribution in [0.5, 0.6) is 0 Å². The Bertz CT molecular complexity index is 535. The number of carboxylic acid groups (broad SMARTS) is 1. The fourth-order valence-corrected chi connectivity index (χ4v) is 3.37. The van der Waals surface area contributed by atoms with E-state index < -0.39 is 5.97 Å². The van der Waals surface area contributed by atoms with Gasteiger partial charge in [0.15, 0.2) is 0 Å². The third-order valence-electron chi connectivity index (χ3n) is 4.62. The normalized spacial score (nSPS) is 16.0. The number of hydrogen-bond donors (Lipinski definition) is 2. The van der Waals surface area contributed by atoms with E-state index in [0.29, 0.717) is 19.1 Å². The van der Waals surface area contributed by atoms with Gasteiger partial charge in [-0.05, 0) is 49.8 Å². The highest BCUT2D eigenvalue weighted by molar-refractivity contribution is 5.87. The van der Waals surface area contributed by atoms with E-state index in [1.807, 2.05) is 6.92 Å². The number of nitrogens with one attached hydrogen (secondary N) is 1. The number of benzene rings is 1. The number of carbonyl (C=O) groups excluding carboxylic acids is 1. The number of carbonyl (C=O) groups is 2. The average Bonchev–Trinajstić information content (AvgIpc) is 3.09. The Morgan fingerprint density at radius 3 is 2.50 bits per heavy atom. The standard InChI is InChI=1S/C19H27NO4/c1-2-24-17(15-5-3-4-6-15)11-12-20-18(21)13-14-7-9-16(10-8-14)19(22)23/h7-10,15,17H,2-6,11-13H2,1H3,(H,20,21)(H,22,23). The van der Waals surface area contributed by atoms with Crippen molar-refractivity contribution in [1.82, 2.24) is 5.32 Å². The maximum absolute atomic E-state index is 12.0. The molecule has 0 saturated heterocycles. The number of aromatic carboxylic acids is 1. The Hall–Kier alpha value is -1.88. The minimum atomic E-state index is -0.958. The number of hydrogen-bond acceptors (Lipinski definition) is 3. The molecule has 1 atom stereocenters. The van der Waals surface area contributed by atoms with E-state index in [-0.39, 0.29) is 24.0 Å². The Balaban J connectivity index is 1.74. The molecule has 1 unspecified atom stereocenters. The fourth-order valence-electron chi connectivity index (χ4n) is 3.37. The van der Waals surface area contributed by atoms with Gasteiger partial charge in [-0.25, -0.2) is 4.79 Å². The van der Waals surface area contributed by atoms with Crippen LogP contribution in [0.4, 0.5) is 0 Å². The molecule has 5 nitrogen and oxygen atoms in total. The molecule has 1 aromatic rings. The predicted molar refractivity (Wildman–Crippen MR) is 92.1 cm³/mol. The summed E-state index contributed by atoms with van der Waals surface area (Å²) in [5.41, 5.74) is 1.05. The largest absolute Gasteiger partial charge is 0.478 e. The third-order valence-corrected chi connectivity index (χ3v) is 4.62. The molecule has 24 heavy (non-hydrogen) atoms. The van der Waals surface area contributed by atoms with Crippen molar-refractivity contribution in [3.05, 3.63) is 35.4 Å². The molecule has 0 heterocycles. The molecule has 0 bridgehead atoms. The predicted octanol–water partition coefficient (Wildman–Crippen LogP) is 3.03. The van der Waals surface area contributed by atoms with Gasteiger partial charge in [-0.15, -0.1) is 0 Å². The fraction of sp³-hybridized carbons (Fsp3) is 0.579. The lowest BCUT2D eigenvalue weighted by Gasteiger charge is -2.23. The van der Waals surface area contributed by atoms with E-state index in [0.717, 1.165) is 12.0 Å². The number of carboxylic acids is 1. The summed E-state index contributed by atoms with van der Waals surface area (Å²) in [6.07, 6.45) is 6.39. The molecule has 132 valence electrons. The topological polar surface area (TPSA) is 75.6 Å². The third kappa shape index (κ3) is 5.64. The van der Waals surface area contributed by atoms with Crippen LogP contribution in [-0.4, -0.2) is 36.2 Å². The molecule has 1 amide bonds. The van der Waals surface area contributed by atoms with Gasteiger partial charge in [0.2, 0.25) is 5.91 Å². The van der Waals surface area contributed by atoms with Crippen LogP contribution >= 0.6 is 0 Å². The lowest BCUT2D eigenvalue weighted by Crippen LogP contribution is -2.31. The lowest BCUT2D eigenvalue weighted by atomic mass is 9.98. The summed E-state index contributed by atoms with van der Waals surface area (Å²) in [4.78, 5) is 22.8. The van der Waals surface area contributed by atoms with Crippen molar-refractivity contribution in [3.63, 3.8) is 0 Å². The first kappa shape index (κ1) is 18.5. The van der Waals surface area contributed by atoms with E-state index in [1.54, 1.807) is 12.1 Å². The first-order valence-electron chi connectivity index (χ1n) is 8.80. The zero-order valence-corrected chi connectivity index (χ0v) is 14.3. The van der Waals surface area contributed by atoms with Crippen LogP contribution in [0, 0.1) is 5.92 Å². The van der Waals surface area contributed by atoms with Gasteiger partial charge >= 0.3 is 5.97 Å². The highest BCUT2D eigenvalue weighted by atomic mass is 16.5. The molecule has 0 aliphatic heterocycles. The van der Waals surface area contributed by atoms with Crippen LogP contribution in [0.2, 0.25) is 0 Å². The SMILES string of the molecule is CCOC(CCNC(=O)Cc1ccc(C(=O)O)cc1)C1CCCC1. The minimum Gasteiger partial charge on any atom is -0.478 e. The van der Waals surface area contributed by atoms with Crippen molar-refractivity contribution in [2.45, 2.75) is 51.6 Å². The molecule has 5 heteroatoms. The van der Waals surface area contributed by atoms with Gasteiger partial charge in [0.05, 0.1) is 18.1 Å². The molecule has 1 saturated carbocycles. The van der Waals surface area contributed by atoms with E-state index in [2.05, 4.69) is 5.32 Å². The molecule has 2 rings (SSSR count). The van der Waals surface area contributed by atoms with E-state index in [9.17, 15) is 9.59 Å². The van der Waals surface area contributed by atoms with Crippen molar-refractivity contribution in [2.75, 3.05) is 13.2 Å². The number of amides is 1. The maximum Gasteiger partial charge on any atom is 0.335 e. The summed E-state index contributed by atoms with van der Waals surface area (Å²) in [6.45, 7) is 3.35. The van der Waals surface area contributed by atoms with Crippen LogP contribution in [0.3, 0.4) is 0 Å². The monoisotopic (exact) mass is 333 g/mol. The maximum atomic E-state index is 12.0. The quantitative estimate of drug-likeness (QED) is 0.728. The number of ether oxygens (including phenoxy) is 1. The Kier molecular flexibility index (Phi) is 7.25. The van der Waals surface area contributed by atoms with Gasteiger partial charge < -0.3 is 15.2 Å². The molecular weight excluding hydrogens is 306 g/mol. The molecule has 0 aromatic heterocycles. The van der Waals surface area contributed by atoms with Gasteiger partial charge in [0.25, 0.3) is 0 Å². The van der Waals surface area contributed by atoms with Crippen molar-refractivity contribution in [2.24, 2.45) is 5.92 Å². The van der Waals surface area contributed by atoms with Gasteiger partial charge in [-0.2, -0.15) is 0 Å². The summed E-state index contributed by atoms with van der Waals surface area (Å²) < 4.78 is 5.85. The molecule has 1 aliphatic carbocycles. The summed E-state index contributed by atoms with van der Waals surface area (Å²) in [6, 6.07) is 6.42. The van der Waals surface area contributed by atoms with Gasteiger partial charge in [-0.3, -0.25) is 4.79 Å². The zero-order chi connectivity index (χ0) is 17.4. The second-order valence-corrected chi connectivity index (χ2v) is 6.36. The smallest absolute Gasteiger partial charge is 0.335 e. The van der Waals surface area contributed by atoms with E-state index in [1.165, 1.54) is 37.8 Å². The van der Waals surface area contributed by atoms with Crippen molar-refractivity contribution in [3.8, 4) is 0 Å². The van der Waals surface area contributed by atoms with Crippen LogP contribution < -0.4 is 5.32 Å². The number of rotatable bonds is 9. The second kappa shape index (κ2) is 9.42. The van der Waals surface area contributed by atoms with Gasteiger partial charge in [-0.1, -0.05) is 25.0 Å². The summed E-state index contributed by atoms with van der Waals surface area (Å²) in [5.74, 6) is -0.370. The molecule has 2 N–H and O–H groups in total. The van der Waals surface area contributed by atoms with Gasteiger partial charge in [0, 0.05) is 13.2 Å². The second-order valence-electron chi connectivity index (χ2n) is 6.36. The van der Waals surface area contributed by atoms with E-state index in [4.69, 9.17) is 9.84 Å². The summed E-state index contributed by atoms with van der Waals surface area (Å²) in [5, 5.41) is 11.8. The molecule has 1 fully saturated rings. The first-order valence-corrected chi connectivity index (χ1v) is 8.80. The van der Waals surface area contributed by atoms with Crippen LogP contribution in [0.1, 0.15) is 54.9 Å². The molecule has 1 aliphatic rings. The zero-order valence-electron chi connectivity index (χ0n) is 14.3. The summed E-state index contributed by atoms with van der Waals surface area (Å²) in [7, 11) is 0. The molecule has 1 aromatic carbocycles. The Morgan fingerprint density at radius 2 is 1.92 bits per heavy atom.